The van der Waals surface area contributed by atoms with Gasteiger partial charge in [-0.1, -0.05) is 24.1 Å². The first kappa shape index (κ1) is 16.1. The normalized spacial score (nSPS) is 13.2. The Balaban J connectivity index is 1.75. The summed E-state index contributed by atoms with van der Waals surface area (Å²) < 4.78 is 0.876. The molecule has 2 unspecified atom stereocenters. The van der Waals surface area contributed by atoms with Crippen molar-refractivity contribution in [2.45, 2.75) is 12.2 Å². The molecule has 1 heterocycles. The fourth-order valence-corrected chi connectivity index (χ4v) is 3.18. The van der Waals surface area contributed by atoms with Crippen molar-refractivity contribution in [3.63, 3.8) is 0 Å². The van der Waals surface area contributed by atoms with Gasteiger partial charge in [-0.25, -0.2) is 4.98 Å². The van der Waals surface area contributed by atoms with Crippen LogP contribution in [-0.2, 0) is 4.79 Å². The van der Waals surface area contributed by atoms with Gasteiger partial charge in [-0.05, 0) is 30.3 Å². The fraction of sp³-hybridized carbons (Fsp3) is 0.111. The monoisotopic (exact) mass is 338 g/mol. The standard InChI is InChI=1S/C18H14N2O3S/c1-2-11-6-5-7-12(10-11)19-17(23)15(21)16(22)18-20-13-8-3-4-9-14(13)24-18/h1,3-10,15-16,21-22H,(H,19,23). The number of aliphatic hydroxyl groups is 2. The van der Waals surface area contributed by atoms with E-state index in [0.29, 0.717) is 16.8 Å². The third kappa shape index (κ3) is 3.29. The molecule has 0 radical (unpaired) electrons. The van der Waals surface area contributed by atoms with E-state index in [9.17, 15) is 15.0 Å². The molecule has 0 spiro atoms. The highest BCUT2D eigenvalue weighted by Crippen LogP contribution is 2.28. The molecule has 6 heteroatoms. The van der Waals surface area contributed by atoms with E-state index in [1.807, 2.05) is 18.2 Å². The van der Waals surface area contributed by atoms with E-state index in [-0.39, 0.29) is 5.01 Å². The molecule has 0 saturated carbocycles. The lowest BCUT2D eigenvalue weighted by Crippen LogP contribution is -2.33. The minimum absolute atomic E-state index is 0.288. The van der Waals surface area contributed by atoms with Crippen molar-refractivity contribution >= 4 is 33.1 Å². The summed E-state index contributed by atoms with van der Waals surface area (Å²) in [6, 6.07) is 14.0. The zero-order chi connectivity index (χ0) is 17.1. The number of terminal acetylenes is 1. The van der Waals surface area contributed by atoms with Crippen molar-refractivity contribution in [2.75, 3.05) is 5.32 Å². The highest BCUT2D eigenvalue weighted by atomic mass is 32.1. The van der Waals surface area contributed by atoms with E-state index < -0.39 is 18.1 Å². The number of nitrogens with one attached hydrogen (secondary N) is 1. The SMILES string of the molecule is C#Cc1cccc(NC(=O)C(O)C(O)c2nc3ccccc3s2)c1. The Kier molecular flexibility index (Phi) is 4.58. The van der Waals surface area contributed by atoms with Crippen LogP contribution in [0.15, 0.2) is 48.5 Å². The Bertz CT molecular complexity index is 896. The average molecular weight is 338 g/mol. The molecule has 0 aliphatic carbocycles. The molecule has 3 N–H and O–H groups in total. The summed E-state index contributed by atoms with van der Waals surface area (Å²) in [5.74, 6) is 1.74. The summed E-state index contributed by atoms with van der Waals surface area (Å²) in [5.41, 5.74) is 1.77. The summed E-state index contributed by atoms with van der Waals surface area (Å²) in [6.45, 7) is 0. The number of thiazole rings is 1. The van der Waals surface area contributed by atoms with Gasteiger partial charge in [0.05, 0.1) is 10.2 Å². The van der Waals surface area contributed by atoms with Crippen LogP contribution in [0.25, 0.3) is 10.2 Å². The maximum atomic E-state index is 12.1. The Morgan fingerprint density at radius 2 is 2.00 bits per heavy atom. The lowest BCUT2D eigenvalue weighted by molar-refractivity contribution is -0.129. The predicted octanol–water partition coefficient (Wildman–Crippen LogP) is 2.31. The van der Waals surface area contributed by atoms with Gasteiger partial charge in [-0.3, -0.25) is 4.79 Å². The summed E-state index contributed by atoms with van der Waals surface area (Å²) in [6.07, 6.45) is 2.27. The number of nitrogens with zero attached hydrogens (tertiary/aromatic N) is 1. The number of carbonyl (C=O) groups is 1. The van der Waals surface area contributed by atoms with Crippen LogP contribution < -0.4 is 5.32 Å². The molecule has 0 bridgehead atoms. The van der Waals surface area contributed by atoms with Crippen LogP contribution >= 0.6 is 11.3 Å². The van der Waals surface area contributed by atoms with Gasteiger partial charge in [0.15, 0.2) is 6.10 Å². The summed E-state index contributed by atoms with van der Waals surface area (Å²) in [5, 5.41) is 23.2. The van der Waals surface area contributed by atoms with E-state index in [0.717, 1.165) is 4.70 Å². The van der Waals surface area contributed by atoms with Crippen LogP contribution in [0.4, 0.5) is 5.69 Å². The van der Waals surface area contributed by atoms with E-state index in [2.05, 4.69) is 16.2 Å². The highest BCUT2D eigenvalue weighted by Gasteiger charge is 2.28. The number of carbonyl (C=O) groups excluding carboxylic acids is 1. The number of hydrogen-bond donors (Lipinski definition) is 3. The van der Waals surface area contributed by atoms with Gasteiger partial charge in [0.1, 0.15) is 11.1 Å². The van der Waals surface area contributed by atoms with Crippen molar-refractivity contribution in [2.24, 2.45) is 0 Å². The number of rotatable bonds is 4. The largest absolute Gasteiger partial charge is 0.383 e. The van der Waals surface area contributed by atoms with E-state index in [1.165, 1.54) is 11.3 Å². The van der Waals surface area contributed by atoms with Gasteiger partial charge in [0.2, 0.25) is 0 Å². The number of aromatic nitrogens is 1. The summed E-state index contributed by atoms with van der Waals surface area (Å²) in [7, 11) is 0. The van der Waals surface area contributed by atoms with Crippen LogP contribution in [0.2, 0.25) is 0 Å². The first-order valence-corrected chi connectivity index (χ1v) is 7.99. The zero-order valence-corrected chi connectivity index (χ0v) is 13.3. The quantitative estimate of drug-likeness (QED) is 0.638. The summed E-state index contributed by atoms with van der Waals surface area (Å²) >= 11 is 1.24. The molecular weight excluding hydrogens is 324 g/mol. The van der Waals surface area contributed by atoms with Gasteiger partial charge >= 0.3 is 0 Å². The molecular formula is C18H14N2O3S. The fourth-order valence-electron chi connectivity index (χ4n) is 2.20. The van der Waals surface area contributed by atoms with Gasteiger partial charge < -0.3 is 15.5 Å². The molecule has 3 rings (SSSR count). The molecule has 3 aromatic rings. The van der Waals surface area contributed by atoms with Crippen molar-refractivity contribution in [1.82, 2.24) is 4.98 Å². The number of para-hydroxylation sites is 1. The van der Waals surface area contributed by atoms with Crippen molar-refractivity contribution in [3.8, 4) is 12.3 Å². The van der Waals surface area contributed by atoms with E-state index >= 15 is 0 Å². The molecule has 0 fully saturated rings. The molecule has 1 amide bonds. The third-order valence-corrected chi connectivity index (χ3v) is 4.53. The smallest absolute Gasteiger partial charge is 0.256 e. The van der Waals surface area contributed by atoms with Gasteiger partial charge in [-0.15, -0.1) is 17.8 Å². The second kappa shape index (κ2) is 6.81. The predicted molar refractivity (Wildman–Crippen MR) is 93.6 cm³/mol. The minimum atomic E-state index is -1.64. The first-order chi connectivity index (χ1) is 11.6. The number of aliphatic hydroxyl groups excluding tert-OH is 2. The molecule has 2 atom stereocenters. The minimum Gasteiger partial charge on any atom is -0.383 e. The topological polar surface area (TPSA) is 82.5 Å². The maximum Gasteiger partial charge on any atom is 0.256 e. The van der Waals surface area contributed by atoms with Crippen molar-refractivity contribution < 1.29 is 15.0 Å². The van der Waals surface area contributed by atoms with Crippen LogP contribution in [0, 0.1) is 12.3 Å². The Hall–Kier alpha value is -2.72. The molecule has 24 heavy (non-hydrogen) atoms. The van der Waals surface area contributed by atoms with Crippen LogP contribution in [-0.4, -0.2) is 27.2 Å². The van der Waals surface area contributed by atoms with Gasteiger partial charge in [0.25, 0.3) is 5.91 Å². The molecule has 0 saturated heterocycles. The molecule has 2 aromatic carbocycles. The lowest BCUT2D eigenvalue weighted by Gasteiger charge is -2.15. The van der Waals surface area contributed by atoms with E-state index in [4.69, 9.17) is 6.42 Å². The molecule has 5 nitrogen and oxygen atoms in total. The summed E-state index contributed by atoms with van der Waals surface area (Å²) in [4.78, 5) is 16.4. The maximum absolute atomic E-state index is 12.1. The number of benzene rings is 2. The number of hydrogen-bond acceptors (Lipinski definition) is 5. The number of amides is 1. The molecule has 1 aromatic heterocycles. The second-order valence-corrected chi connectivity index (χ2v) is 6.19. The number of fused-ring (bicyclic) bond motifs is 1. The average Bonchev–Trinajstić information content (AvgIpc) is 3.04. The van der Waals surface area contributed by atoms with Crippen LogP contribution in [0.1, 0.15) is 16.7 Å². The van der Waals surface area contributed by atoms with Crippen LogP contribution in [0.5, 0.6) is 0 Å². The Morgan fingerprint density at radius 3 is 2.75 bits per heavy atom. The van der Waals surface area contributed by atoms with Gasteiger partial charge in [-0.2, -0.15) is 0 Å². The first-order valence-electron chi connectivity index (χ1n) is 7.17. The van der Waals surface area contributed by atoms with Crippen molar-refractivity contribution in [1.29, 1.82) is 0 Å². The molecule has 0 aliphatic heterocycles. The Labute approximate surface area is 142 Å². The zero-order valence-electron chi connectivity index (χ0n) is 12.5. The molecule has 120 valence electrons. The third-order valence-electron chi connectivity index (χ3n) is 3.43. The van der Waals surface area contributed by atoms with E-state index in [1.54, 1.807) is 30.3 Å². The van der Waals surface area contributed by atoms with Crippen LogP contribution in [0.3, 0.4) is 0 Å². The lowest BCUT2D eigenvalue weighted by atomic mass is 10.1. The second-order valence-electron chi connectivity index (χ2n) is 5.12. The van der Waals surface area contributed by atoms with Crippen molar-refractivity contribution in [3.05, 3.63) is 59.1 Å². The number of anilines is 1. The molecule has 0 aliphatic rings. The highest BCUT2D eigenvalue weighted by molar-refractivity contribution is 7.18. The Morgan fingerprint density at radius 1 is 1.21 bits per heavy atom. The van der Waals surface area contributed by atoms with Gasteiger partial charge in [0, 0.05) is 11.3 Å².